The number of nitrogens with one attached hydrogen (secondary N) is 2. The molecule has 2 amide bonds. The predicted molar refractivity (Wildman–Crippen MR) is 173 cm³/mol. The van der Waals surface area contributed by atoms with Crippen LogP contribution < -0.4 is 15.4 Å². The summed E-state index contributed by atoms with van der Waals surface area (Å²) in [4.78, 5) is 30.5. The molecule has 0 radical (unpaired) electrons. The molecule has 3 aromatic carbocycles. The summed E-state index contributed by atoms with van der Waals surface area (Å²) in [5.74, 6) is 0.264. The monoisotopic (exact) mass is 626 g/mol. The van der Waals surface area contributed by atoms with E-state index in [1.807, 2.05) is 30.3 Å². The molecule has 0 aliphatic carbocycles. The van der Waals surface area contributed by atoms with E-state index in [0.29, 0.717) is 22.5 Å². The Morgan fingerprint density at radius 2 is 1.60 bits per heavy atom. The third-order valence-electron chi connectivity index (χ3n) is 6.92. The topological polar surface area (TPSA) is 129 Å². The molecule has 1 atom stereocenters. The fourth-order valence-corrected chi connectivity index (χ4v) is 6.11. The second kappa shape index (κ2) is 12.8. The quantitative estimate of drug-likeness (QED) is 0.205. The summed E-state index contributed by atoms with van der Waals surface area (Å²) in [5.41, 5.74) is 2.50. The van der Waals surface area contributed by atoms with Crippen LogP contribution in [0, 0.1) is 0 Å². The zero-order chi connectivity index (χ0) is 32.2. The van der Waals surface area contributed by atoms with Crippen molar-refractivity contribution in [3.8, 4) is 16.9 Å². The molecule has 0 fully saturated rings. The number of nitrogens with zero attached hydrogens (tertiary/aromatic N) is 2. The number of carbonyl (C=O) groups is 2. The number of alkyl carbamates (subject to hydrolysis) is 1. The lowest BCUT2D eigenvalue weighted by Crippen LogP contribution is -2.47. The maximum absolute atomic E-state index is 13.4. The number of hydrogen-bond acceptors (Lipinski definition) is 7. The van der Waals surface area contributed by atoms with Gasteiger partial charge in [-0.3, -0.25) is 4.79 Å². The van der Waals surface area contributed by atoms with E-state index in [9.17, 15) is 18.0 Å². The largest absolute Gasteiger partial charge is 0.497 e. The van der Waals surface area contributed by atoms with Gasteiger partial charge in [0.2, 0.25) is 5.91 Å². The first kappa shape index (κ1) is 31.3. The number of pyridine rings is 1. The van der Waals surface area contributed by atoms with Crippen LogP contribution in [-0.4, -0.2) is 48.1 Å². The van der Waals surface area contributed by atoms with Crippen molar-refractivity contribution in [2.45, 2.75) is 43.7 Å². The maximum Gasteiger partial charge on any atom is 0.408 e. The van der Waals surface area contributed by atoms with Crippen LogP contribution in [0.2, 0.25) is 0 Å². The van der Waals surface area contributed by atoms with Crippen LogP contribution in [0.25, 0.3) is 22.2 Å². The summed E-state index contributed by atoms with van der Waals surface area (Å²) in [6, 6.07) is 25.2. The van der Waals surface area contributed by atoms with Crippen molar-refractivity contribution in [2.24, 2.45) is 0 Å². The van der Waals surface area contributed by atoms with E-state index in [4.69, 9.17) is 9.47 Å². The number of aromatic nitrogens is 2. The highest BCUT2D eigenvalue weighted by Gasteiger charge is 2.25. The lowest BCUT2D eigenvalue weighted by Gasteiger charge is -2.23. The van der Waals surface area contributed by atoms with Gasteiger partial charge in [-0.05, 0) is 86.0 Å². The van der Waals surface area contributed by atoms with Gasteiger partial charge in [-0.1, -0.05) is 42.5 Å². The van der Waals surface area contributed by atoms with Gasteiger partial charge in [-0.15, -0.1) is 0 Å². The van der Waals surface area contributed by atoms with Crippen molar-refractivity contribution in [2.75, 3.05) is 12.4 Å². The van der Waals surface area contributed by atoms with Gasteiger partial charge in [-0.25, -0.2) is 22.2 Å². The number of benzene rings is 3. The lowest BCUT2D eigenvalue weighted by atomic mass is 10.0. The molecule has 0 unspecified atom stereocenters. The number of methoxy groups -OCH3 is 1. The average molecular weight is 627 g/mol. The molecule has 5 aromatic rings. The molecule has 5 rings (SSSR count). The van der Waals surface area contributed by atoms with Crippen LogP contribution >= 0.6 is 0 Å². The van der Waals surface area contributed by atoms with E-state index in [-0.39, 0.29) is 11.3 Å². The molecule has 0 aliphatic heterocycles. The molecule has 10 nitrogen and oxygen atoms in total. The van der Waals surface area contributed by atoms with E-state index in [2.05, 4.69) is 15.6 Å². The zero-order valence-corrected chi connectivity index (χ0v) is 26.2. The Morgan fingerprint density at radius 1 is 0.911 bits per heavy atom. The third kappa shape index (κ3) is 7.32. The first-order valence-electron chi connectivity index (χ1n) is 14.2. The van der Waals surface area contributed by atoms with Crippen LogP contribution in [0.5, 0.6) is 5.75 Å². The van der Waals surface area contributed by atoms with Gasteiger partial charge in [-0.2, -0.15) is 0 Å². The van der Waals surface area contributed by atoms with Crippen LogP contribution in [0.3, 0.4) is 0 Å². The maximum atomic E-state index is 13.4. The summed E-state index contributed by atoms with van der Waals surface area (Å²) < 4.78 is 38.4. The Morgan fingerprint density at radius 3 is 2.24 bits per heavy atom. The summed E-state index contributed by atoms with van der Waals surface area (Å²) in [6.07, 6.45) is 2.59. The fourth-order valence-electron chi connectivity index (χ4n) is 4.79. The molecule has 2 aromatic heterocycles. The van der Waals surface area contributed by atoms with Crippen LogP contribution in [-0.2, 0) is 26.0 Å². The molecule has 0 spiro atoms. The first-order chi connectivity index (χ1) is 21.4. The molecule has 0 saturated carbocycles. The van der Waals surface area contributed by atoms with Crippen molar-refractivity contribution in [1.82, 2.24) is 14.3 Å². The van der Waals surface area contributed by atoms with E-state index in [0.717, 1.165) is 16.7 Å². The van der Waals surface area contributed by atoms with Gasteiger partial charge in [0.05, 0.1) is 12.0 Å². The summed E-state index contributed by atoms with van der Waals surface area (Å²) in [7, 11) is -2.26. The van der Waals surface area contributed by atoms with Gasteiger partial charge in [0, 0.05) is 29.9 Å². The van der Waals surface area contributed by atoms with Gasteiger partial charge >= 0.3 is 6.09 Å². The Hall–Kier alpha value is -5.16. The van der Waals surface area contributed by atoms with Gasteiger partial charge in [0.1, 0.15) is 17.4 Å². The third-order valence-corrected chi connectivity index (χ3v) is 8.60. The molecule has 0 aliphatic rings. The van der Waals surface area contributed by atoms with E-state index < -0.39 is 33.7 Å². The lowest BCUT2D eigenvalue weighted by molar-refractivity contribution is -0.118. The van der Waals surface area contributed by atoms with Crippen molar-refractivity contribution >= 4 is 38.7 Å². The number of amides is 2. The van der Waals surface area contributed by atoms with Crippen LogP contribution in [0.15, 0.2) is 108 Å². The summed E-state index contributed by atoms with van der Waals surface area (Å²) >= 11 is 0. The Kier molecular flexibility index (Phi) is 8.92. The first-order valence-corrected chi connectivity index (χ1v) is 15.7. The van der Waals surface area contributed by atoms with Gasteiger partial charge < -0.3 is 20.1 Å². The van der Waals surface area contributed by atoms with Crippen molar-refractivity contribution < 1.29 is 27.5 Å². The molecule has 45 heavy (non-hydrogen) atoms. The summed E-state index contributed by atoms with van der Waals surface area (Å²) in [5, 5.41) is 6.23. The van der Waals surface area contributed by atoms with Crippen LogP contribution in [0.1, 0.15) is 26.3 Å². The standard InChI is InChI=1S/C34H34N4O6S/c1-34(2,3)44-33(40)37-30(22-23-10-16-26(43-4)17-11-23)32(39)36-25-14-12-24(13-15-25)28-18-20-35-31-29(28)19-21-38(31)45(41,42)27-8-6-5-7-9-27/h5-21,30H,22H2,1-4H3,(H,36,39)(H,37,40)/t30-/m0/s1. The Labute approximate surface area is 262 Å². The molecule has 0 bridgehead atoms. The predicted octanol–water partition coefficient (Wildman–Crippen LogP) is 6.02. The fraction of sp³-hybridized carbons (Fsp3) is 0.206. The summed E-state index contributed by atoms with van der Waals surface area (Å²) in [6.45, 7) is 5.25. The molecular formula is C34H34N4O6S. The van der Waals surface area contributed by atoms with Gasteiger partial charge in [0.15, 0.2) is 5.65 Å². The molecule has 2 heterocycles. The second-order valence-electron chi connectivity index (χ2n) is 11.3. The normalized spacial score (nSPS) is 12.4. The molecule has 0 saturated heterocycles. The minimum Gasteiger partial charge on any atom is -0.497 e. The van der Waals surface area contributed by atoms with Crippen molar-refractivity contribution in [3.05, 3.63) is 109 Å². The number of fused-ring (bicyclic) bond motifs is 1. The van der Waals surface area contributed by atoms with E-state index in [1.165, 1.54) is 10.2 Å². The highest BCUT2D eigenvalue weighted by Crippen LogP contribution is 2.31. The molecule has 2 N–H and O–H groups in total. The minimum absolute atomic E-state index is 0.168. The minimum atomic E-state index is -3.83. The highest BCUT2D eigenvalue weighted by molar-refractivity contribution is 7.90. The second-order valence-corrected chi connectivity index (χ2v) is 13.2. The van der Waals surface area contributed by atoms with Crippen molar-refractivity contribution in [3.63, 3.8) is 0 Å². The molecular weight excluding hydrogens is 592 g/mol. The number of ether oxygens (including phenoxy) is 2. The van der Waals surface area contributed by atoms with Gasteiger partial charge in [0.25, 0.3) is 10.0 Å². The number of anilines is 1. The zero-order valence-electron chi connectivity index (χ0n) is 25.4. The number of carbonyl (C=O) groups excluding carboxylic acids is 2. The average Bonchev–Trinajstić information content (AvgIpc) is 3.46. The molecule has 232 valence electrons. The number of rotatable bonds is 9. The number of hydrogen-bond donors (Lipinski definition) is 2. The smallest absolute Gasteiger partial charge is 0.408 e. The molecule has 11 heteroatoms. The Bertz CT molecular complexity index is 1910. The Balaban J connectivity index is 1.36. The SMILES string of the molecule is COc1ccc(C[C@H](NC(=O)OC(C)(C)C)C(=O)Nc2ccc(-c3ccnc4c3ccn4S(=O)(=O)c3ccccc3)cc2)cc1. The van der Waals surface area contributed by atoms with E-state index in [1.54, 1.807) is 94.7 Å². The highest BCUT2D eigenvalue weighted by atomic mass is 32.2. The van der Waals surface area contributed by atoms with E-state index >= 15 is 0 Å². The van der Waals surface area contributed by atoms with Crippen molar-refractivity contribution in [1.29, 1.82) is 0 Å². The van der Waals surface area contributed by atoms with Crippen LogP contribution in [0.4, 0.5) is 10.5 Å².